The van der Waals surface area contributed by atoms with E-state index in [-0.39, 0.29) is 98.1 Å². The van der Waals surface area contributed by atoms with Gasteiger partial charge in [0.05, 0.1) is 30.2 Å². The highest BCUT2D eigenvalue weighted by atomic mass is 16.5. The van der Waals surface area contributed by atoms with Crippen molar-refractivity contribution in [3.05, 3.63) is 143 Å². The molecule has 9 rings (SSSR count). The van der Waals surface area contributed by atoms with Gasteiger partial charge in [-0.15, -0.1) is 0 Å². The van der Waals surface area contributed by atoms with Crippen LogP contribution in [0.5, 0.6) is 0 Å². The maximum absolute atomic E-state index is 14.8. The number of nitrogens with zero attached hydrogens (tertiary/aromatic N) is 7. The fourth-order valence-corrected chi connectivity index (χ4v) is 13.8. The molecule has 29 heteroatoms. The van der Waals surface area contributed by atoms with Crippen LogP contribution in [0.2, 0.25) is 19.5 Å². The number of benzene rings is 4. The number of ether oxygens (including phenoxy) is 1. The lowest BCUT2D eigenvalue weighted by atomic mass is 9.51. The number of hydrogen-bond donors (Lipinski definition) is 7. The van der Waals surface area contributed by atoms with Gasteiger partial charge in [-0.1, -0.05) is 93.9 Å². The first kappa shape index (κ1) is 76.7. The van der Waals surface area contributed by atoms with Crippen LogP contribution in [-0.2, 0) is 50.5 Å². The molecule has 0 saturated carbocycles. The standard InChI is InChI=1S/C71H94B3N13O13/c1-74(96)78-35-19-13-7-10-16-22-64(90)81-51-26-30-55-59(43-51)71(32-31-65(91)84(2)36-38-97-39-37-85(3)68(93)61-44-52(82-83-77)45-87(61)67(92)48-23-27-56-60(40-48)86(4)70(95)100-69(56)94)57-41-49(79-62(88)20-14-8-5-11-17-33-72-98-46-75)24-28-53(57)66(55)54-29-25-50(42-58(54)71)80-63(89)21-15-9-6-12-18-34-73-99-47-76/h23-30,40-43,46-47,52,61,66,75-76,78,96H,5-22,31-39,44-45H2,1-4H3,(H,79,88)(H,80,89)(H,81,90)/t52-,61-,66?,71?/m0/s1. The van der Waals surface area contributed by atoms with Gasteiger partial charge in [-0.25, -0.2) is 9.59 Å². The summed E-state index contributed by atoms with van der Waals surface area (Å²) >= 11 is 0. The van der Waals surface area contributed by atoms with Gasteiger partial charge < -0.3 is 59.4 Å². The molecule has 0 unspecified atom stereocenters. The molecule has 0 spiro atoms. The number of likely N-dealkylation sites (tertiary alicyclic amines) is 1. The maximum atomic E-state index is 14.8. The SMILES string of the molecule is CB(O)NCCCCCCCC(=O)Nc1ccc2c(c1)C1(CCC(=O)N(C)CCOCCN(C)C(=O)[C@@H]3C[C@H](N=[N+]=[N-])CN3C(=O)c3ccc4c(=O)oc(=O)n(C)c4c3)c3cc(NC(=O)CCCCCCC[B]OC=N)ccc3C2c2ccc(NC(=O)CCCCCCC[B]OC=N)cc21. The molecule has 1 aromatic heterocycles. The summed E-state index contributed by atoms with van der Waals surface area (Å²) in [5, 5.41) is 40.1. The van der Waals surface area contributed by atoms with E-state index in [4.69, 9.17) is 29.3 Å². The van der Waals surface area contributed by atoms with E-state index in [1.807, 2.05) is 36.4 Å². The van der Waals surface area contributed by atoms with E-state index in [1.165, 1.54) is 35.0 Å². The summed E-state index contributed by atoms with van der Waals surface area (Å²) in [7, 11) is 7.36. The summed E-state index contributed by atoms with van der Waals surface area (Å²) in [6.07, 6.45) is 17.9. The van der Waals surface area contributed by atoms with Crippen LogP contribution in [0.25, 0.3) is 21.3 Å². The van der Waals surface area contributed by atoms with Crippen molar-refractivity contribution >= 4 is 98.2 Å². The van der Waals surface area contributed by atoms with Gasteiger partial charge in [0, 0.05) is 105 Å². The minimum Gasteiger partial charge on any atom is -0.556 e. The third-order valence-electron chi connectivity index (χ3n) is 19.1. The molecule has 1 aliphatic heterocycles. The Hall–Kier alpha value is -9.04. The molecular formula is C71H94B3N13O13. The van der Waals surface area contributed by atoms with Gasteiger partial charge in [-0.2, -0.15) is 0 Å². The highest BCUT2D eigenvalue weighted by Crippen LogP contribution is 2.62. The lowest BCUT2D eigenvalue weighted by Gasteiger charge is -2.51. The molecule has 2 bridgehead atoms. The van der Waals surface area contributed by atoms with Crippen molar-refractivity contribution in [1.82, 2.24) is 24.5 Å². The molecule has 2 radical (unpaired) electrons. The Labute approximate surface area is 585 Å². The predicted molar refractivity (Wildman–Crippen MR) is 387 cm³/mol. The molecule has 5 aromatic rings. The second-order valence-corrected chi connectivity index (χ2v) is 26.2. The number of carbonyl (C=O) groups excluding carboxylic acids is 6. The van der Waals surface area contributed by atoms with E-state index >= 15 is 0 Å². The number of aryl methyl sites for hydroxylation is 1. The lowest BCUT2D eigenvalue weighted by Crippen LogP contribution is -2.47. The normalized spacial score (nSPS) is 16.1. The number of rotatable bonds is 44. The molecule has 7 N–H and O–H groups in total. The van der Waals surface area contributed by atoms with E-state index < -0.39 is 47.7 Å². The quantitative estimate of drug-likeness (QED) is 0.00363. The van der Waals surface area contributed by atoms with E-state index in [9.17, 15) is 48.9 Å². The maximum Gasteiger partial charge on any atom is 0.422 e. The molecule has 1 fully saturated rings. The smallest absolute Gasteiger partial charge is 0.422 e. The molecule has 26 nitrogen and oxygen atoms in total. The number of amides is 6. The topological polar surface area (TPSA) is 357 Å². The van der Waals surface area contributed by atoms with Gasteiger partial charge in [0.2, 0.25) is 29.5 Å². The summed E-state index contributed by atoms with van der Waals surface area (Å²) in [6.45, 7) is 2.85. The largest absolute Gasteiger partial charge is 0.556 e. The fourth-order valence-electron chi connectivity index (χ4n) is 13.8. The van der Waals surface area contributed by atoms with E-state index in [0.29, 0.717) is 55.6 Å². The zero-order chi connectivity index (χ0) is 71.6. The number of likely N-dealkylation sites (N-methyl/N-ethyl adjacent to an activating group) is 2. The molecule has 2 heterocycles. The van der Waals surface area contributed by atoms with Crippen molar-refractivity contribution < 1.29 is 52.3 Å². The summed E-state index contributed by atoms with van der Waals surface area (Å²) in [6, 6.07) is 20.5. The number of hydrogen-bond acceptors (Lipinski definition) is 17. The highest BCUT2D eigenvalue weighted by Gasteiger charge is 2.52. The number of nitrogens with one attached hydrogen (secondary N) is 6. The van der Waals surface area contributed by atoms with Crippen molar-refractivity contribution in [2.45, 2.75) is 178 Å². The Morgan fingerprint density at radius 1 is 0.700 bits per heavy atom. The summed E-state index contributed by atoms with van der Waals surface area (Å²) in [5.41, 5.74) is 15.2. The monoisotopic (exact) mass is 1370 g/mol. The summed E-state index contributed by atoms with van der Waals surface area (Å²) in [5.74, 6) is -2.73. The Kier molecular flexibility index (Phi) is 29.5. The van der Waals surface area contributed by atoms with Gasteiger partial charge in [0.15, 0.2) is 0 Å². The first-order valence-corrected chi connectivity index (χ1v) is 35.1. The van der Waals surface area contributed by atoms with E-state index in [0.717, 1.165) is 147 Å². The third kappa shape index (κ3) is 20.6. The molecule has 6 amide bonds. The van der Waals surface area contributed by atoms with E-state index in [1.54, 1.807) is 40.8 Å². The molecule has 2 atom stereocenters. The number of anilines is 3. The van der Waals surface area contributed by atoms with Crippen LogP contribution in [0.4, 0.5) is 17.1 Å². The highest BCUT2D eigenvalue weighted by molar-refractivity contribution is 6.45. The van der Waals surface area contributed by atoms with Crippen LogP contribution >= 0.6 is 0 Å². The Balaban J connectivity index is 0.996. The Bertz CT molecular complexity index is 3770. The molecule has 530 valence electrons. The van der Waals surface area contributed by atoms with Crippen molar-refractivity contribution in [3.8, 4) is 0 Å². The minimum absolute atomic E-state index is 0.0390. The Morgan fingerprint density at radius 2 is 1.19 bits per heavy atom. The molecule has 3 aliphatic carbocycles. The second kappa shape index (κ2) is 38.5. The third-order valence-corrected chi connectivity index (χ3v) is 19.1. The number of unbranched alkanes of at least 4 members (excludes halogenated alkanes) is 12. The molecular weight excluding hydrogens is 1280 g/mol. The van der Waals surface area contributed by atoms with Crippen molar-refractivity contribution in [1.29, 1.82) is 10.8 Å². The number of aromatic nitrogens is 1. The molecule has 4 aliphatic rings. The van der Waals surface area contributed by atoms with Crippen LogP contribution in [0.3, 0.4) is 0 Å². The number of fused-ring (bicyclic) bond motifs is 1. The number of carbonyl (C=O) groups is 6. The van der Waals surface area contributed by atoms with Crippen molar-refractivity contribution in [2.24, 2.45) is 12.2 Å². The fraction of sp³-hybridized carbons (Fsp3) is 0.521. The zero-order valence-electron chi connectivity index (χ0n) is 58.0. The first-order chi connectivity index (χ1) is 48.4. The number of azide groups is 1. The second-order valence-electron chi connectivity index (χ2n) is 26.2. The van der Waals surface area contributed by atoms with Crippen LogP contribution < -0.4 is 32.6 Å². The predicted octanol–water partition coefficient (Wildman–Crippen LogP) is 9.80. The molecule has 4 aromatic carbocycles. The lowest BCUT2D eigenvalue weighted by molar-refractivity contribution is -0.134. The van der Waals surface area contributed by atoms with E-state index in [2.05, 4.69) is 49.4 Å². The van der Waals surface area contributed by atoms with Crippen LogP contribution in [0.15, 0.2) is 91.9 Å². The van der Waals surface area contributed by atoms with Crippen LogP contribution in [-0.4, -0.2) is 160 Å². The average Bonchev–Trinajstić information content (AvgIpc) is 0.733. The minimum atomic E-state index is -1.06. The summed E-state index contributed by atoms with van der Waals surface area (Å²) < 4.78 is 21.8. The van der Waals surface area contributed by atoms with Gasteiger partial charge >= 0.3 is 33.4 Å². The van der Waals surface area contributed by atoms with Gasteiger partial charge in [-0.05, 0) is 158 Å². The van der Waals surface area contributed by atoms with Crippen molar-refractivity contribution in [2.75, 3.05) is 69.4 Å². The Morgan fingerprint density at radius 3 is 1.69 bits per heavy atom. The first-order valence-electron chi connectivity index (χ1n) is 35.1. The van der Waals surface area contributed by atoms with Gasteiger partial charge in [0.25, 0.3) is 5.91 Å². The van der Waals surface area contributed by atoms with Gasteiger partial charge in [-0.3, -0.25) is 44.2 Å². The molecule has 1 saturated heterocycles. The summed E-state index contributed by atoms with van der Waals surface area (Å²) in [4.78, 5) is 116. The van der Waals surface area contributed by atoms with Gasteiger partial charge in [0.1, 0.15) is 18.8 Å². The van der Waals surface area contributed by atoms with Crippen molar-refractivity contribution in [3.63, 3.8) is 0 Å². The van der Waals surface area contributed by atoms with Crippen LogP contribution in [0.1, 0.15) is 184 Å². The molecule has 100 heavy (non-hydrogen) atoms. The zero-order valence-corrected chi connectivity index (χ0v) is 58.0. The van der Waals surface area contributed by atoms with Crippen LogP contribution in [0, 0.1) is 10.8 Å². The average molecular weight is 1370 g/mol.